The Labute approximate surface area is 119 Å². The molecule has 1 aromatic heterocycles. The molecule has 1 aromatic carbocycles. The summed E-state index contributed by atoms with van der Waals surface area (Å²) in [5.41, 5.74) is 1.05. The standard InChI is InChI=1S/C13H10ClN3O3/c1-20-13-5-3-10(8-16-13)15-7-9-2-4-11(14)12(6-9)17(18)19/h2-8H,1H3. The van der Waals surface area contributed by atoms with Crippen LogP contribution < -0.4 is 4.74 Å². The quantitative estimate of drug-likeness (QED) is 0.491. The molecule has 1 heterocycles. The molecular weight excluding hydrogens is 282 g/mol. The third-order valence-electron chi connectivity index (χ3n) is 2.46. The molecule has 0 atom stereocenters. The number of methoxy groups -OCH3 is 1. The number of nitrogens with zero attached hydrogens (tertiary/aromatic N) is 3. The van der Waals surface area contributed by atoms with Crippen molar-refractivity contribution in [3.8, 4) is 5.88 Å². The Bertz CT molecular complexity index is 656. The van der Waals surface area contributed by atoms with Crippen molar-refractivity contribution in [1.82, 2.24) is 4.98 Å². The molecule has 0 amide bonds. The first-order chi connectivity index (χ1) is 9.60. The van der Waals surface area contributed by atoms with Gasteiger partial charge in [0.1, 0.15) is 5.02 Å². The monoisotopic (exact) mass is 291 g/mol. The fourth-order valence-electron chi connectivity index (χ4n) is 1.47. The van der Waals surface area contributed by atoms with Gasteiger partial charge >= 0.3 is 0 Å². The van der Waals surface area contributed by atoms with E-state index in [0.29, 0.717) is 17.1 Å². The van der Waals surface area contributed by atoms with Crippen LogP contribution in [0, 0.1) is 10.1 Å². The lowest BCUT2D eigenvalue weighted by molar-refractivity contribution is -0.384. The number of aliphatic imine (C=N–C) groups is 1. The van der Waals surface area contributed by atoms with Crippen molar-refractivity contribution in [2.45, 2.75) is 0 Å². The van der Waals surface area contributed by atoms with Gasteiger partial charge in [0.2, 0.25) is 5.88 Å². The molecular formula is C13H10ClN3O3. The van der Waals surface area contributed by atoms with Crippen LogP contribution in [0.2, 0.25) is 5.02 Å². The third-order valence-corrected chi connectivity index (χ3v) is 2.78. The minimum atomic E-state index is -0.533. The Balaban J connectivity index is 2.22. The number of aromatic nitrogens is 1. The Morgan fingerprint density at radius 1 is 1.40 bits per heavy atom. The molecule has 0 aliphatic carbocycles. The molecule has 0 radical (unpaired) electrons. The number of rotatable bonds is 4. The molecule has 0 aliphatic rings. The van der Waals surface area contributed by atoms with Crippen LogP contribution in [0.4, 0.5) is 11.4 Å². The number of pyridine rings is 1. The Kier molecular flexibility index (Phi) is 4.27. The van der Waals surface area contributed by atoms with Gasteiger partial charge in [-0.25, -0.2) is 4.98 Å². The summed E-state index contributed by atoms with van der Waals surface area (Å²) < 4.78 is 4.93. The van der Waals surface area contributed by atoms with Crippen LogP contribution in [0.5, 0.6) is 5.88 Å². The number of ether oxygens (including phenoxy) is 1. The predicted octanol–water partition coefficient (Wildman–Crippen LogP) is 3.40. The van der Waals surface area contributed by atoms with E-state index in [9.17, 15) is 10.1 Å². The van der Waals surface area contributed by atoms with Crippen molar-refractivity contribution in [3.63, 3.8) is 0 Å². The molecule has 0 fully saturated rings. The maximum Gasteiger partial charge on any atom is 0.288 e. The Hall–Kier alpha value is -2.47. The van der Waals surface area contributed by atoms with Gasteiger partial charge in [-0.2, -0.15) is 0 Å². The van der Waals surface area contributed by atoms with Gasteiger partial charge in [0.05, 0.1) is 23.9 Å². The Morgan fingerprint density at radius 3 is 2.80 bits per heavy atom. The zero-order valence-corrected chi connectivity index (χ0v) is 11.2. The number of hydrogen-bond acceptors (Lipinski definition) is 5. The van der Waals surface area contributed by atoms with E-state index in [1.807, 2.05) is 0 Å². The van der Waals surface area contributed by atoms with Gasteiger partial charge in [-0.15, -0.1) is 0 Å². The van der Waals surface area contributed by atoms with Crippen LogP contribution in [-0.4, -0.2) is 23.2 Å². The SMILES string of the molecule is COc1ccc(N=Cc2ccc(Cl)c([N+](=O)[O-])c2)cn1. The van der Waals surface area contributed by atoms with Gasteiger partial charge < -0.3 is 4.74 Å². The van der Waals surface area contributed by atoms with Gasteiger partial charge in [0.15, 0.2) is 0 Å². The lowest BCUT2D eigenvalue weighted by Gasteiger charge is -1.99. The summed E-state index contributed by atoms with van der Waals surface area (Å²) in [6.45, 7) is 0. The lowest BCUT2D eigenvalue weighted by Crippen LogP contribution is -1.91. The maximum atomic E-state index is 10.8. The third kappa shape index (κ3) is 3.30. The molecule has 0 saturated carbocycles. The average molecular weight is 292 g/mol. The topological polar surface area (TPSA) is 77.6 Å². The minimum absolute atomic E-state index is 0.0956. The number of benzene rings is 1. The van der Waals surface area contributed by atoms with Gasteiger partial charge in [0.25, 0.3) is 5.69 Å². The van der Waals surface area contributed by atoms with Gasteiger partial charge in [-0.05, 0) is 17.7 Å². The summed E-state index contributed by atoms with van der Waals surface area (Å²) in [6.07, 6.45) is 3.05. The maximum absolute atomic E-state index is 10.8. The van der Waals surface area contributed by atoms with Crippen molar-refractivity contribution in [2.24, 2.45) is 4.99 Å². The smallest absolute Gasteiger partial charge is 0.288 e. The first-order valence-corrected chi connectivity index (χ1v) is 5.96. The van der Waals surface area contributed by atoms with Crippen LogP contribution in [0.3, 0.4) is 0 Å². The average Bonchev–Trinajstić information content (AvgIpc) is 2.46. The van der Waals surface area contributed by atoms with Crippen LogP contribution in [0.1, 0.15) is 5.56 Å². The molecule has 0 aliphatic heterocycles. The van der Waals surface area contributed by atoms with Crippen LogP contribution in [-0.2, 0) is 0 Å². The lowest BCUT2D eigenvalue weighted by atomic mass is 10.2. The van der Waals surface area contributed by atoms with Crippen LogP contribution in [0.15, 0.2) is 41.5 Å². The zero-order chi connectivity index (χ0) is 14.5. The molecule has 6 nitrogen and oxygen atoms in total. The normalized spacial score (nSPS) is 10.7. The highest BCUT2D eigenvalue weighted by Crippen LogP contribution is 2.24. The van der Waals surface area contributed by atoms with E-state index >= 15 is 0 Å². The molecule has 7 heteroatoms. The van der Waals surface area contributed by atoms with Crippen LogP contribution >= 0.6 is 11.6 Å². The summed E-state index contributed by atoms with van der Waals surface area (Å²) in [4.78, 5) is 18.4. The molecule has 2 aromatic rings. The molecule has 0 bridgehead atoms. The zero-order valence-electron chi connectivity index (χ0n) is 10.5. The van der Waals surface area contributed by atoms with E-state index in [-0.39, 0.29) is 10.7 Å². The van der Waals surface area contributed by atoms with E-state index in [0.717, 1.165) is 0 Å². The van der Waals surface area contributed by atoms with E-state index in [1.165, 1.54) is 25.5 Å². The van der Waals surface area contributed by atoms with E-state index in [1.54, 1.807) is 24.4 Å². The van der Waals surface area contributed by atoms with Crippen LogP contribution in [0.25, 0.3) is 0 Å². The van der Waals surface area contributed by atoms with Crippen molar-refractivity contribution < 1.29 is 9.66 Å². The largest absolute Gasteiger partial charge is 0.481 e. The molecule has 0 unspecified atom stereocenters. The fourth-order valence-corrected chi connectivity index (χ4v) is 1.66. The molecule has 0 N–H and O–H groups in total. The molecule has 102 valence electrons. The second kappa shape index (κ2) is 6.12. The van der Waals surface area contributed by atoms with Gasteiger partial charge in [0, 0.05) is 18.3 Å². The summed E-state index contributed by atoms with van der Waals surface area (Å²) in [5, 5.41) is 10.9. The number of nitro groups is 1. The molecule has 20 heavy (non-hydrogen) atoms. The minimum Gasteiger partial charge on any atom is -0.481 e. The summed E-state index contributed by atoms with van der Waals surface area (Å²) >= 11 is 5.73. The molecule has 0 spiro atoms. The number of hydrogen-bond donors (Lipinski definition) is 0. The van der Waals surface area contributed by atoms with Gasteiger partial charge in [-0.3, -0.25) is 15.1 Å². The summed E-state index contributed by atoms with van der Waals surface area (Å²) in [7, 11) is 1.53. The highest BCUT2D eigenvalue weighted by atomic mass is 35.5. The second-order valence-corrected chi connectivity index (χ2v) is 4.19. The van der Waals surface area contributed by atoms with Crippen molar-refractivity contribution in [2.75, 3.05) is 7.11 Å². The van der Waals surface area contributed by atoms with Crippen molar-refractivity contribution >= 4 is 29.2 Å². The van der Waals surface area contributed by atoms with Crippen molar-refractivity contribution in [3.05, 3.63) is 57.2 Å². The highest BCUT2D eigenvalue weighted by Gasteiger charge is 2.11. The second-order valence-electron chi connectivity index (χ2n) is 3.78. The highest BCUT2D eigenvalue weighted by molar-refractivity contribution is 6.32. The predicted molar refractivity (Wildman–Crippen MR) is 76.1 cm³/mol. The van der Waals surface area contributed by atoms with E-state index in [2.05, 4.69) is 9.98 Å². The summed E-state index contributed by atoms with van der Waals surface area (Å²) in [6, 6.07) is 7.88. The molecule has 0 saturated heterocycles. The van der Waals surface area contributed by atoms with Gasteiger partial charge in [-0.1, -0.05) is 17.7 Å². The Morgan fingerprint density at radius 2 is 2.20 bits per heavy atom. The van der Waals surface area contributed by atoms with E-state index < -0.39 is 4.92 Å². The van der Waals surface area contributed by atoms with E-state index in [4.69, 9.17) is 16.3 Å². The number of nitro benzene ring substituents is 1. The van der Waals surface area contributed by atoms with Crippen molar-refractivity contribution in [1.29, 1.82) is 0 Å². The number of halogens is 1. The molecule has 2 rings (SSSR count). The first-order valence-electron chi connectivity index (χ1n) is 5.58. The fraction of sp³-hybridized carbons (Fsp3) is 0.0769. The first kappa shape index (κ1) is 14.0. The summed E-state index contributed by atoms with van der Waals surface area (Å²) in [5.74, 6) is 0.492.